The maximum absolute atomic E-state index is 11.1. The smallest absolute Gasteiger partial charge is 0.243 e. The lowest BCUT2D eigenvalue weighted by atomic mass is 10.0. The second kappa shape index (κ2) is 5.45. The molecule has 0 radical (unpaired) electrons. The zero-order valence-electron chi connectivity index (χ0n) is 9.40. The van der Waals surface area contributed by atoms with E-state index in [0.717, 1.165) is 25.5 Å². The molecule has 2 atom stereocenters. The number of carbonyl (C=O) groups excluding carboxylic acids is 1. The van der Waals surface area contributed by atoms with E-state index in [1.165, 1.54) is 6.08 Å². The molecule has 1 aliphatic carbocycles. The van der Waals surface area contributed by atoms with Crippen molar-refractivity contribution in [1.82, 2.24) is 10.0 Å². The van der Waals surface area contributed by atoms with Gasteiger partial charge in [-0.1, -0.05) is 13.0 Å². The molecule has 0 spiro atoms. The zero-order valence-corrected chi connectivity index (χ0v) is 10.2. The Morgan fingerprint density at radius 3 is 2.75 bits per heavy atom. The van der Waals surface area contributed by atoms with Gasteiger partial charge in [-0.2, -0.15) is 0 Å². The largest absolute Gasteiger partial charge is 0.350 e. The molecule has 0 heterocycles. The Kier molecular flexibility index (Phi) is 4.49. The fourth-order valence-corrected chi connectivity index (χ4v) is 2.49. The van der Waals surface area contributed by atoms with Gasteiger partial charge in [0, 0.05) is 12.6 Å². The fraction of sp³-hybridized carbons (Fsp3) is 0.700. The third-order valence-electron chi connectivity index (χ3n) is 2.78. The number of nitrogens with one attached hydrogen (secondary N) is 2. The Morgan fingerprint density at radius 2 is 2.19 bits per heavy atom. The van der Waals surface area contributed by atoms with Gasteiger partial charge in [0.05, 0.1) is 6.26 Å². The number of carbonyl (C=O) groups is 1. The normalized spacial score (nSPS) is 25.3. The first-order valence-corrected chi connectivity index (χ1v) is 7.19. The van der Waals surface area contributed by atoms with Gasteiger partial charge in [-0.25, -0.2) is 13.1 Å². The Labute approximate surface area is 96.4 Å². The Bertz CT molecular complexity index is 364. The van der Waals surface area contributed by atoms with E-state index in [1.54, 1.807) is 0 Å². The summed E-state index contributed by atoms with van der Waals surface area (Å²) >= 11 is 0. The molecule has 92 valence electrons. The molecule has 0 aromatic rings. The van der Waals surface area contributed by atoms with Gasteiger partial charge in [-0.15, -0.1) is 0 Å². The van der Waals surface area contributed by atoms with Crippen molar-refractivity contribution in [3.8, 4) is 0 Å². The first kappa shape index (κ1) is 13.2. The molecule has 1 aliphatic rings. The van der Waals surface area contributed by atoms with Crippen LogP contribution in [0.5, 0.6) is 0 Å². The molecule has 1 saturated carbocycles. The number of hydrogen-bond acceptors (Lipinski definition) is 3. The minimum Gasteiger partial charge on any atom is -0.350 e. The highest BCUT2D eigenvalue weighted by molar-refractivity contribution is 7.88. The third kappa shape index (κ3) is 4.32. The van der Waals surface area contributed by atoms with Gasteiger partial charge in [0.2, 0.25) is 15.9 Å². The summed E-state index contributed by atoms with van der Waals surface area (Å²) in [6.07, 6.45) is 5.22. The highest BCUT2D eigenvalue weighted by Crippen LogP contribution is 2.25. The predicted octanol–water partition coefficient (Wildman–Crippen LogP) is 0.00650. The summed E-state index contributed by atoms with van der Waals surface area (Å²) < 4.78 is 24.4. The summed E-state index contributed by atoms with van der Waals surface area (Å²) in [6.45, 7) is 3.78. The van der Waals surface area contributed by atoms with Crippen LogP contribution in [0.15, 0.2) is 12.7 Å². The molecular formula is C10H18N2O3S. The Hall–Kier alpha value is -0.880. The first-order chi connectivity index (χ1) is 7.42. The van der Waals surface area contributed by atoms with E-state index in [9.17, 15) is 13.2 Å². The van der Waals surface area contributed by atoms with E-state index in [0.29, 0.717) is 6.54 Å². The number of sulfonamides is 1. The predicted molar refractivity (Wildman–Crippen MR) is 62.3 cm³/mol. The van der Waals surface area contributed by atoms with Gasteiger partial charge in [-0.3, -0.25) is 4.79 Å². The molecule has 0 aromatic carbocycles. The summed E-state index contributed by atoms with van der Waals surface area (Å²) in [4.78, 5) is 11.1. The third-order valence-corrected chi connectivity index (χ3v) is 3.47. The number of amides is 1. The lowest BCUT2D eigenvalue weighted by molar-refractivity contribution is -0.117. The van der Waals surface area contributed by atoms with E-state index < -0.39 is 10.0 Å². The molecule has 1 fully saturated rings. The molecule has 16 heavy (non-hydrogen) atoms. The maximum atomic E-state index is 11.1. The second-order valence-electron chi connectivity index (χ2n) is 4.13. The van der Waals surface area contributed by atoms with Gasteiger partial charge in [-0.05, 0) is 24.8 Å². The van der Waals surface area contributed by atoms with Crippen LogP contribution in [0.3, 0.4) is 0 Å². The van der Waals surface area contributed by atoms with Crippen molar-refractivity contribution in [2.24, 2.45) is 5.92 Å². The fourth-order valence-electron chi connectivity index (χ4n) is 1.97. The molecular weight excluding hydrogens is 228 g/mol. The summed E-state index contributed by atoms with van der Waals surface area (Å²) in [6, 6.07) is 0.0553. The molecule has 0 unspecified atom stereocenters. The van der Waals surface area contributed by atoms with Crippen molar-refractivity contribution >= 4 is 15.9 Å². The van der Waals surface area contributed by atoms with Gasteiger partial charge in [0.1, 0.15) is 0 Å². The van der Waals surface area contributed by atoms with E-state index in [-0.39, 0.29) is 17.9 Å². The van der Waals surface area contributed by atoms with Crippen molar-refractivity contribution in [3.05, 3.63) is 12.7 Å². The molecule has 5 nitrogen and oxygen atoms in total. The molecule has 0 aromatic heterocycles. The highest BCUT2D eigenvalue weighted by Gasteiger charge is 2.28. The van der Waals surface area contributed by atoms with Crippen LogP contribution in [-0.4, -0.2) is 33.2 Å². The van der Waals surface area contributed by atoms with Crippen molar-refractivity contribution < 1.29 is 13.2 Å². The van der Waals surface area contributed by atoms with Crippen LogP contribution in [-0.2, 0) is 14.8 Å². The zero-order chi connectivity index (χ0) is 12.2. The van der Waals surface area contributed by atoms with E-state index in [2.05, 4.69) is 16.6 Å². The standard InChI is InChI=1S/C10H18N2O3S/c1-3-10(13)12-9-6-4-5-8(9)7-11-16(2,14)15/h3,8-9,11H,1,4-7H2,2H3,(H,12,13)/t8-,9-/m0/s1. The average Bonchev–Trinajstić information content (AvgIpc) is 2.61. The van der Waals surface area contributed by atoms with Gasteiger partial charge in [0.25, 0.3) is 0 Å². The Morgan fingerprint density at radius 1 is 1.50 bits per heavy atom. The first-order valence-electron chi connectivity index (χ1n) is 5.30. The van der Waals surface area contributed by atoms with Gasteiger partial charge >= 0.3 is 0 Å². The van der Waals surface area contributed by atoms with Crippen LogP contribution in [0.2, 0.25) is 0 Å². The van der Waals surface area contributed by atoms with Crippen LogP contribution >= 0.6 is 0 Å². The lowest BCUT2D eigenvalue weighted by Crippen LogP contribution is -2.41. The number of rotatable bonds is 5. The minimum atomic E-state index is -3.15. The molecule has 0 bridgehead atoms. The van der Waals surface area contributed by atoms with Crippen molar-refractivity contribution in [1.29, 1.82) is 0 Å². The Balaban J connectivity index is 2.46. The van der Waals surface area contributed by atoms with E-state index in [4.69, 9.17) is 0 Å². The van der Waals surface area contributed by atoms with Gasteiger partial charge in [0.15, 0.2) is 0 Å². The van der Waals surface area contributed by atoms with Crippen LogP contribution in [0.25, 0.3) is 0 Å². The minimum absolute atomic E-state index is 0.0553. The van der Waals surface area contributed by atoms with E-state index >= 15 is 0 Å². The highest BCUT2D eigenvalue weighted by atomic mass is 32.2. The van der Waals surface area contributed by atoms with Crippen LogP contribution in [0, 0.1) is 5.92 Å². The van der Waals surface area contributed by atoms with Gasteiger partial charge < -0.3 is 5.32 Å². The molecule has 0 aliphatic heterocycles. The van der Waals surface area contributed by atoms with Crippen LogP contribution in [0.1, 0.15) is 19.3 Å². The average molecular weight is 246 g/mol. The molecule has 1 amide bonds. The lowest BCUT2D eigenvalue weighted by Gasteiger charge is -2.20. The summed E-state index contributed by atoms with van der Waals surface area (Å²) in [5, 5.41) is 2.82. The summed E-state index contributed by atoms with van der Waals surface area (Å²) in [5.41, 5.74) is 0. The SMILES string of the molecule is C=CC(=O)N[C@H]1CCC[C@H]1CNS(C)(=O)=O. The monoisotopic (exact) mass is 246 g/mol. The maximum Gasteiger partial charge on any atom is 0.243 e. The van der Waals surface area contributed by atoms with Crippen molar-refractivity contribution in [3.63, 3.8) is 0 Å². The summed E-state index contributed by atoms with van der Waals surface area (Å²) in [7, 11) is -3.15. The van der Waals surface area contributed by atoms with Crippen molar-refractivity contribution in [2.75, 3.05) is 12.8 Å². The second-order valence-corrected chi connectivity index (χ2v) is 5.96. The van der Waals surface area contributed by atoms with E-state index in [1.807, 2.05) is 0 Å². The molecule has 6 heteroatoms. The molecule has 1 rings (SSSR count). The molecule has 0 saturated heterocycles. The van der Waals surface area contributed by atoms with Crippen molar-refractivity contribution in [2.45, 2.75) is 25.3 Å². The molecule has 2 N–H and O–H groups in total. The topological polar surface area (TPSA) is 75.3 Å². The van der Waals surface area contributed by atoms with Crippen LogP contribution < -0.4 is 10.0 Å². The number of hydrogen-bond donors (Lipinski definition) is 2. The quantitative estimate of drug-likeness (QED) is 0.671. The summed E-state index contributed by atoms with van der Waals surface area (Å²) in [5.74, 6) is -0.0186. The van der Waals surface area contributed by atoms with Crippen LogP contribution in [0.4, 0.5) is 0 Å².